The van der Waals surface area contributed by atoms with Crippen LogP contribution in [0.1, 0.15) is 44.1 Å². The molecule has 0 radical (unpaired) electrons. The molecular weight excluding hydrogens is 234 g/mol. The fraction of sp³-hybridized carbons (Fsp3) is 0.529. The van der Waals surface area contributed by atoms with Crippen molar-refractivity contribution in [1.29, 1.82) is 0 Å². The first-order valence-corrected chi connectivity index (χ1v) is 7.13. The molecule has 1 N–H and O–H groups in total. The van der Waals surface area contributed by atoms with Crippen molar-refractivity contribution in [2.45, 2.75) is 50.6 Å². The Kier molecular flexibility index (Phi) is 4.87. The third kappa shape index (κ3) is 3.52. The van der Waals surface area contributed by atoms with Gasteiger partial charge in [-0.3, -0.25) is 0 Å². The van der Waals surface area contributed by atoms with Crippen LogP contribution in [-0.2, 0) is 0 Å². The summed E-state index contributed by atoms with van der Waals surface area (Å²) in [5.74, 6) is 4.44. The second kappa shape index (κ2) is 6.63. The molecule has 2 nitrogen and oxygen atoms in total. The minimum atomic E-state index is 0.242. The Morgan fingerprint density at radius 1 is 1.37 bits per heavy atom. The first kappa shape index (κ1) is 14.0. The van der Waals surface area contributed by atoms with Crippen molar-refractivity contribution in [3.05, 3.63) is 29.8 Å². The van der Waals surface area contributed by atoms with E-state index in [1.165, 1.54) is 18.4 Å². The van der Waals surface area contributed by atoms with Gasteiger partial charge in [-0.15, -0.1) is 6.42 Å². The molecule has 1 aromatic rings. The number of hydrogen-bond acceptors (Lipinski definition) is 2. The van der Waals surface area contributed by atoms with E-state index in [9.17, 15) is 0 Å². The van der Waals surface area contributed by atoms with Gasteiger partial charge in [0.2, 0.25) is 0 Å². The second-order valence-corrected chi connectivity index (χ2v) is 5.31. The lowest BCUT2D eigenvalue weighted by atomic mass is 9.75. The van der Waals surface area contributed by atoms with Crippen LogP contribution in [-0.4, -0.2) is 19.2 Å². The molecule has 0 amide bonds. The van der Waals surface area contributed by atoms with Crippen molar-refractivity contribution in [3.8, 4) is 18.1 Å². The predicted octanol–water partition coefficient (Wildman–Crippen LogP) is 3.33. The summed E-state index contributed by atoms with van der Waals surface area (Å²) >= 11 is 0. The third-order valence-electron chi connectivity index (χ3n) is 3.94. The van der Waals surface area contributed by atoms with Crippen molar-refractivity contribution in [1.82, 2.24) is 5.32 Å². The number of terminal acetylenes is 1. The fourth-order valence-electron chi connectivity index (χ4n) is 2.69. The van der Waals surface area contributed by atoms with Crippen molar-refractivity contribution in [2.75, 3.05) is 7.11 Å². The van der Waals surface area contributed by atoms with Gasteiger partial charge in [-0.25, -0.2) is 0 Å². The highest BCUT2D eigenvalue weighted by atomic mass is 16.5. The van der Waals surface area contributed by atoms with E-state index in [1.54, 1.807) is 7.11 Å². The largest absolute Gasteiger partial charge is 0.497 e. The number of nitrogens with one attached hydrogen (secondary N) is 1. The average molecular weight is 257 g/mol. The van der Waals surface area contributed by atoms with Crippen LogP contribution in [0.4, 0.5) is 0 Å². The molecule has 0 aromatic heterocycles. The number of hydrogen-bond donors (Lipinski definition) is 1. The van der Waals surface area contributed by atoms with Crippen LogP contribution < -0.4 is 10.1 Å². The summed E-state index contributed by atoms with van der Waals surface area (Å²) < 4.78 is 5.18. The molecule has 1 saturated carbocycles. The molecule has 1 aromatic carbocycles. The number of methoxy groups -OCH3 is 1. The van der Waals surface area contributed by atoms with Gasteiger partial charge in [-0.1, -0.05) is 31.4 Å². The van der Waals surface area contributed by atoms with E-state index in [1.807, 2.05) is 12.1 Å². The molecular formula is C17H23NO. The molecule has 1 aliphatic rings. The summed E-state index contributed by atoms with van der Waals surface area (Å²) in [7, 11) is 1.70. The van der Waals surface area contributed by atoms with E-state index in [2.05, 4.69) is 30.3 Å². The topological polar surface area (TPSA) is 21.3 Å². The van der Waals surface area contributed by atoms with Crippen molar-refractivity contribution < 1.29 is 4.74 Å². The summed E-state index contributed by atoms with van der Waals surface area (Å²) in [5, 5.41) is 3.57. The first-order chi connectivity index (χ1) is 9.26. The van der Waals surface area contributed by atoms with Gasteiger partial charge in [-0.2, -0.15) is 0 Å². The monoisotopic (exact) mass is 257 g/mol. The molecule has 1 atom stereocenters. The second-order valence-electron chi connectivity index (χ2n) is 5.31. The van der Waals surface area contributed by atoms with Crippen LogP contribution in [0.25, 0.3) is 0 Å². The van der Waals surface area contributed by atoms with Crippen LogP contribution in [0.2, 0.25) is 0 Å². The molecule has 0 aliphatic heterocycles. The molecule has 0 heterocycles. The molecule has 0 spiro atoms. The van der Waals surface area contributed by atoms with Gasteiger partial charge in [0, 0.05) is 6.04 Å². The number of benzene rings is 1. The molecule has 102 valence electrons. The Morgan fingerprint density at radius 2 is 2.05 bits per heavy atom. The lowest BCUT2D eigenvalue weighted by Gasteiger charge is -2.38. The van der Waals surface area contributed by atoms with Crippen LogP contribution in [0.15, 0.2) is 24.3 Å². The van der Waals surface area contributed by atoms with E-state index in [4.69, 9.17) is 11.2 Å². The third-order valence-corrected chi connectivity index (χ3v) is 3.94. The lowest BCUT2D eigenvalue weighted by Crippen LogP contribution is -2.45. The smallest absolute Gasteiger partial charge is 0.118 e. The van der Waals surface area contributed by atoms with Gasteiger partial charge < -0.3 is 10.1 Å². The van der Waals surface area contributed by atoms with E-state index in [0.29, 0.717) is 12.0 Å². The Balaban J connectivity index is 1.80. The van der Waals surface area contributed by atoms with Gasteiger partial charge in [-0.05, 0) is 42.9 Å². The van der Waals surface area contributed by atoms with Crippen LogP contribution in [0.5, 0.6) is 5.75 Å². The highest BCUT2D eigenvalue weighted by molar-refractivity contribution is 5.31. The quantitative estimate of drug-likeness (QED) is 0.789. The molecule has 2 heteroatoms. The van der Waals surface area contributed by atoms with Crippen LogP contribution in [0.3, 0.4) is 0 Å². The zero-order chi connectivity index (χ0) is 13.7. The molecule has 1 aliphatic carbocycles. The SMILES string of the molecule is C#CC(CCC)NC1CC(c2ccc(OC)cc2)C1. The molecule has 1 unspecified atom stereocenters. The van der Waals surface area contributed by atoms with Crippen molar-refractivity contribution in [2.24, 2.45) is 0 Å². The van der Waals surface area contributed by atoms with E-state index in [0.717, 1.165) is 18.6 Å². The van der Waals surface area contributed by atoms with Crippen molar-refractivity contribution >= 4 is 0 Å². The zero-order valence-electron chi connectivity index (χ0n) is 11.9. The normalized spacial score (nSPS) is 23.2. The molecule has 2 rings (SSSR count). The van der Waals surface area contributed by atoms with Crippen molar-refractivity contribution in [3.63, 3.8) is 0 Å². The number of ether oxygens (including phenoxy) is 1. The Morgan fingerprint density at radius 3 is 2.58 bits per heavy atom. The average Bonchev–Trinajstić information content (AvgIpc) is 2.41. The molecule has 0 bridgehead atoms. The maximum absolute atomic E-state index is 5.54. The fourth-order valence-corrected chi connectivity index (χ4v) is 2.69. The summed E-state index contributed by atoms with van der Waals surface area (Å²) in [6.45, 7) is 2.17. The standard InChI is InChI=1S/C17H23NO/c1-4-6-15(5-2)18-16-11-14(12-16)13-7-9-17(19-3)10-8-13/h2,7-10,14-16,18H,4,6,11-12H2,1,3H3. The number of rotatable bonds is 6. The maximum atomic E-state index is 5.54. The highest BCUT2D eigenvalue weighted by Crippen LogP contribution is 2.37. The van der Waals surface area contributed by atoms with Gasteiger partial charge in [0.15, 0.2) is 0 Å². The molecule has 1 fully saturated rings. The Hall–Kier alpha value is -1.46. The van der Waals surface area contributed by atoms with Gasteiger partial charge in [0.25, 0.3) is 0 Å². The lowest BCUT2D eigenvalue weighted by molar-refractivity contribution is 0.275. The minimum absolute atomic E-state index is 0.242. The predicted molar refractivity (Wildman–Crippen MR) is 79.4 cm³/mol. The first-order valence-electron chi connectivity index (χ1n) is 7.13. The van der Waals surface area contributed by atoms with Gasteiger partial charge >= 0.3 is 0 Å². The van der Waals surface area contributed by atoms with E-state index >= 15 is 0 Å². The van der Waals surface area contributed by atoms with E-state index in [-0.39, 0.29) is 6.04 Å². The summed E-state index contributed by atoms with van der Waals surface area (Å²) in [5.41, 5.74) is 1.41. The highest BCUT2D eigenvalue weighted by Gasteiger charge is 2.31. The minimum Gasteiger partial charge on any atom is -0.497 e. The zero-order valence-corrected chi connectivity index (χ0v) is 11.9. The van der Waals surface area contributed by atoms with Crippen LogP contribution in [0, 0.1) is 12.3 Å². The Labute approximate surface area is 116 Å². The maximum Gasteiger partial charge on any atom is 0.118 e. The molecule has 19 heavy (non-hydrogen) atoms. The summed E-state index contributed by atoms with van der Waals surface area (Å²) in [6.07, 6.45) is 10.1. The van der Waals surface area contributed by atoms with E-state index < -0.39 is 0 Å². The summed E-state index contributed by atoms with van der Waals surface area (Å²) in [4.78, 5) is 0. The van der Waals surface area contributed by atoms with Crippen LogP contribution >= 0.6 is 0 Å². The molecule has 0 saturated heterocycles. The van der Waals surface area contributed by atoms with Gasteiger partial charge in [0.1, 0.15) is 5.75 Å². The Bertz CT molecular complexity index is 426. The van der Waals surface area contributed by atoms with Gasteiger partial charge in [0.05, 0.1) is 13.2 Å². The summed E-state index contributed by atoms with van der Waals surface area (Å²) in [6, 6.07) is 9.25.